The highest BCUT2D eigenvalue weighted by atomic mass is 16.2. The average Bonchev–Trinajstić information content (AvgIpc) is 3.12. The Bertz CT molecular complexity index is 584. The fourth-order valence-electron chi connectivity index (χ4n) is 3.63. The summed E-state index contributed by atoms with van der Waals surface area (Å²) in [6.45, 7) is 2.66. The van der Waals surface area contributed by atoms with Gasteiger partial charge >= 0.3 is 0 Å². The number of rotatable bonds is 1. The summed E-state index contributed by atoms with van der Waals surface area (Å²) >= 11 is 0. The first-order valence-electron chi connectivity index (χ1n) is 7.55. The topological polar surface area (TPSA) is 81.3 Å². The van der Waals surface area contributed by atoms with Gasteiger partial charge in [-0.05, 0) is 6.42 Å². The second kappa shape index (κ2) is 4.84. The lowest BCUT2D eigenvalue weighted by Crippen LogP contribution is -2.58. The maximum absolute atomic E-state index is 12.7. The fourth-order valence-corrected chi connectivity index (χ4v) is 3.63. The molecule has 112 valence electrons. The molecule has 0 aromatic carbocycles. The number of H-pyrrole nitrogens is 1. The van der Waals surface area contributed by atoms with Gasteiger partial charge in [0, 0.05) is 45.1 Å². The number of hydrogen-bond acceptors (Lipinski definition) is 4. The van der Waals surface area contributed by atoms with Crippen molar-refractivity contribution in [2.75, 3.05) is 19.6 Å². The second-order valence-corrected chi connectivity index (χ2v) is 6.03. The molecule has 0 radical (unpaired) electrons. The van der Waals surface area contributed by atoms with E-state index in [0.717, 1.165) is 17.8 Å². The first kappa shape index (κ1) is 12.8. The van der Waals surface area contributed by atoms with Crippen molar-refractivity contribution in [2.45, 2.75) is 37.9 Å². The Labute approximate surface area is 122 Å². The largest absolute Gasteiger partial charge is 0.347 e. The molecule has 21 heavy (non-hydrogen) atoms. The molecule has 0 saturated carbocycles. The Morgan fingerprint density at radius 3 is 3.19 bits per heavy atom. The number of nitrogens with zero attached hydrogens (tertiary/aromatic N) is 3. The van der Waals surface area contributed by atoms with Crippen LogP contribution in [0.5, 0.6) is 0 Å². The minimum absolute atomic E-state index is 0.141. The van der Waals surface area contributed by atoms with Gasteiger partial charge in [-0.25, -0.2) is 4.98 Å². The lowest BCUT2D eigenvalue weighted by molar-refractivity contribution is -0.140. The minimum Gasteiger partial charge on any atom is -0.347 e. The zero-order chi connectivity index (χ0) is 14.4. The van der Waals surface area contributed by atoms with Gasteiger partial charge in [0.05, 0.1) is 23.8 Å². The van der Waals surface area contributed by atoms with E-state index in [1.165, 1.54) is 0 Å². The number of amides is 2. The van der Waals surface area contributed by atoms with Gasteiger partial charge in [0.25, 0.3) is 0 Å². The van der Waals surface area contributed by atoms with E-state index in [-0.39, 0.29) is 23.9 Å². The molecule has 2 unspecified atom stereocenters. The zero-order valence-corrected chi connectivity index (χ0v) is 11.8. The molecule has 7 heteroatoms. The van der Waals surface area contributed by atoms with Gasteiger partial charge in [0.1, 0.15) is 0 Å². The van der Waals surface area contributed by atoms with Crippen molar-refractivity contribution in [1.29, 1.82) is 0 Å². The number of nitrogens with one attached hydrogen (secondary N) is 2. The van der Waals surface area contributed by atoms with Crippen LogP contribution in [-0.2, 0) is 22.6 Å². The van der Waals surface area contributed by atoms with Crippen LogP contribution in [0.2, 0.25) is 0 Å². The first-order chi connectivity index (χ1) is 10.2. The number of imidazole rings is 1. The Kier molecular flexibility index (Phi) is 2.95. The summed E-state index contributed by atoms with van der Waals surface area (Å²) in [6, 6.07) is 0.0317. The number of hydrogen-bond donors (Lipinski definition) is 2. The Balaban J connectivity index is 1.43. The molecule has 2 fully saturated rings. The summed E-state index contributed by atoms with van der Waals surface area (Å²) < 4.78 is 0. The smallest absolute Gasteiger partial charge is 0.240 e. The number of carbonyl (C=O) groups excluding carboxylic acids is 2. The normalized spacial score (nSPS) is 28.5. The number of aromatic amines is 1. The van der Waals surface area contributed by atoms with Crippen molar-refractivity contribution < 1.29 is 9.59 Å². The highest BCUT2D eigenvalue weighted by Gasteiger charge is 2.39. The molecule has 4 rings (SSSR count). The molecule has 2 amide bonds. The Hall–Kier alpha value is -1.89. The summed E-state index contributed by atoms with van der Waals surface area (Å²) in [7, 11) is 0. The van der Waals surface area contributed by atoms with Gasteiger partial charge in [0.15, 0.2) is 0 Å². The van der Waals surface area contributed by atoms with E-state index in [0.29, 0.717) is 39.0 Å². The van der Waals surface area contributed by atoms with E-state index >= 15 is 0 Å². The lowest BCUT2D eigenvalue weighted by Gasteiger charge is -2.39. The van der Waals surface area contributed by atoms with Gasteiger partial charge in [-0.15, -0.1) is 0 Å². The fraction of sp³-hybridized carbons (Fsp3) is 0.643. The zero-order valence-electron chi connectivity index (χ0n) is 11.8. The first-order valence-corrected chi connectivity index (χ1v) is 7.55. The Morgan fingerprint density at radius 1 is 1.38 bits per heavy atom. The van der Waals surface area contributed by atoms with Crippen LogP contribution in [0, 0.1) is 0 Å². The SMILES string of the molecule is O=C(C1Cc2nc[nH]c2CN1)N1CCN2C(=O)CCC2C1. The van der Waals surface area contributed by atoms with Crippen LogP contribution in [-0.4, -0.2) is 63.3 Å². The summed E-state index contributed by atoms with van der Waals surface area (Å²) in [5, 5.41) is 3.28. The van der Waals surface area contributed by atoms with Crippen molar-refractivity contribution in [2.24, 2.45) is 0 Å². The van der Waals surface area contributed by atoms with Crippen molar-refractivity contribution >= 4 is 11.8 Å². The van der Waals surface area contributed by atoms with Crippen LogP contribution in [0.4, 0.5) is 0 Å². The van der Waals surface area contributed by atoms with E-state index < -0.39 is 0 Å². The van der Waals surface area contributed by atoms with Crippen LogP contribution in [0.15, 0.2) is 6.33 Å². The molecule has 3 aliphatic rings. The van der Waals surface area contributed by atoms with Crippen molar-refractivity contribution in [3.8, 4) is 0 Å². The van der Waals surface area contributed by atoms with E-state index in [4.69, 9.17) is 0 Å². The van der Waals surface area contributed by atoms with E-state index in [1.54, 1.807) is 6.33 Å². The van der Waals surface area contributed by atoms with Gasteiger partial charge in [0.2, 0.25) is 11.8 Å². The molecular formula is C14H19N5O2. The molecule has 0 bridgehead atoms. The average molecular weight is 289 g/mol. The molecular weight excluding hydrogens is 270 g/mol. The number of aromatic nitrogens is 2. The predicted molar refractivity (Wildman–Crippen MR) is 74.2 cm³/mol. The number of piperazine rings is 1. The van der Waals surface area contributed by atoms with Crippen molar-refractivity contribution in [3.05, 3.63) is 17.7 Å². The van der Waals surface area contributed by atoms with Gasteiger partial charge in [-0.3, -0.25) is 14.9 Å². The second-order valence-electron chi connectivity index (χ2n) is 6.03. The Morgan fingerprint density at radius 2 is 2.29 bits per heavy atom. The summed E-state index contributed by atoms with van der Waals surface area (Å²) in [5.41, 5.74) is 2.06. The molecule has 0 aliphatic carbocycles. The third-order valence-electron chi connectivity index (χ3n) is 4.83. The molecule has 4 heterocycles. The predicted octanol–water partition coefficient (Wildman–Crippen LogP) is -0.743. The van der Waals surface area contributed by atoms with Crippen LogP contribution in [0.1, 0.15) is 24.2 Å². The number of fused-ring (bicyclic) bond motifs is 2. The van der Waals surface area contributed by atoms with Crippen LogP contribution in [0.3, 0.4) is 0 Å². The summed E-state index contributed by atoms with van der Waals surface area (Å²) in [6.07, 6.45) is 3.83. The van der Waals surface area contributed by atoms with Crippen LogP contribution < -0.4 is 5.32 Å². The maximum Gasteiger partial charge on any atom is 0.240 e. The summed E-state index contributed by atoms with van der Waals surface area (Å²) in [5.74, 6) is 0.381. The van der Waals surface area contributed by atoms with Gasteiger partial charge < -0.3 is 14.8 Å². The molecule has 2 saturated heterocycles. The molecule has 1 aromatic heterocycles. The quantitative estimate of drug-likeness (QED) is 0.713. The van der Waals surface area contributed by atoms with E-state index in [9.17, 15) is 9.59 Å². The monoisotopic (exact) mass is 289 g/mol. The number of carbonyl (C=O) groups is 2. The van der Waals surface area contributed by atoms with Crippen molar-refractivity contribution in [1.82, 2.24) is 25.1 Å². The van der Waals surface area contributed by atoms with E-state index in [2.05, 4.69) is 15.3 Å². The van der Waals surface area contributed by atoms with Crippen molar-refractivity contribution in [3.63, 3.8) is 0 Å². The molecule has 1 aromatic rings. The standard InChI is InChI=1S/C14H19N5O2/c20-13-2-1-9-7-18(3-4-19(9)13)14(21)11-5-10-12(6-15-11)17-8-16-10/h8-9,11,15H,1-7H2,(H,16,17). The molecule has 7 nitrogen and oxygen atoms in total. The highest BCUT2D eigenvalue weighted by Crippen LogP contribution is 2.24. The third kappa shape index (κ3) is 2.12. The van der Waals surface area contributed by atoms with Crippen LogP contribution >= 0.6 is 0 Å². The summed E-state index contributed by atoms with van der Waals surface area (Å²) in [4.78, 5) is 35.6. The molecule has 3 aliphatic heterocycles. The van der Waals surface area contributed by atoms with E-state index in [1.807, 2.05) is 9.80 Å². The maximum atomic E-state index is 12.7. The third-order valence-corrected chi connectivity index (χ3v) is 4.83. The van der Waals surface area contributed by atoms with Gasteiger partial charge in [-0.1, -0.05) is 0 Å². The van der Waals surface area contributed by atoms with Crippen LogP contribution in [0.25, 0.3) is 0 Å². The molecule has 2 N–H and O–H groups in total. The molecule has 0 spiro atoms. The minimum atomic E-state index is -0.190. The molecule has 2 atom stereocenters. The lowest BCUT2D eigenvalue weighted by atomic mass is 10.0. The van der Waals surface area contributed by atoms with Gasteiger partial charge in [-0.2, -0.15) is 0 Å². The highest BCUT2D eigenvalue weighted by molar-refractivity contribution is 5.84.